The van der Waals surface area contributed by atoms with Crippen molar-refractivity contribution >= 4 is 22.8 Å². The summed E-state index contributed by atoms with van der Waals surface area (Å²) in [5.41, 5.74) is 3.13. The number of fused-ring (bicyclic) bond motifs is 1. The second kappa shape index (κ2) is 6.84. The molecule has 23 heavy (non-hydrogen) atoms. The first-order valence-electron chi connectivity index (χ1n) is 7.58. The van der Waals surface area contributed by atoms with Crippen LogP contribution in [0.1, 0.15) is 24.2 Å². The van der Waals surface area contributed by atoms with Crippen LogP contribution in [0, 0.1) is 17.2 Å². The van der Waals surface area contributed by atoms with Crippen LogP contribution >= 0.6 is 11.8 Å². The fourth-order valence-electron chi connectivity index (χ4n) is 2.84. The number of hydrogen-bond donors (Lipinski definition) is 0. The lowest BCUT2D eigenvalue weighted by atomic mass is 9.97. The summed E-state index contributed by atoms with van der Waals surface area (Å²) in [4.78, 5) is 8.43. The van der Waals surface area contributed by atoms with Crippen molar-refractivity contribution in [3.05, 3.63) is 54.6 Å². The van der Waals surface area contributed by atoms with Crippen LogP contribution in [0.4, 0.5) is 0 Å². The Morgan fingerprint density at radius 1 is 1.35 bits per heavy atom. The fraction of sp³-hybridized carbons (Fsp3) is 0.278. The number of nitrogens with zero attached hydrogens (tertiary/aromatic N) is 4. The van der Waals surface area contributed by atoms with E-state index in [9.17, 15) is 5.26 Å². The van der Waals surface area contributed by atoms with E-state index in [1.807, 2.05) is 24.5 Å². The summed E-state index contributed by atoms with van der Waals surface area (Å²) in [7, 11) is 0. The van der Waals surface area contributed by atoms with Crippen LogP contribution in [0.15, 0.2) is 49.1 Å². The third-order valence-corrected chi connectivity index (χ3v) is 5.16. The molecule has 0 amide bonds. The van der Waals surface area contributed by atoms with E-state index < -0.39 is 0 Å². The lowest BCUT2D eigenvalue weighted by molar-refractivity contribution is 0.626. The molecule has 0 radical (unpaired) electrons. The molecule has 2 atom stereocenters. The Hall–Kier alpha value is -2.32. The van der Waals surface area contributed by atoms with Crippen molar-refractivity contribution < 1.29 is 0 Å². The van der Waals surface area contributed by atoms with E-state index in [4.69, 9.17) is 0 Å². The second-order valence-corrected chi connectivity index (χ2v) is 6.36. The lowest BCUT2D eigenvalue weighted by Crippen LogP contribution is -2.07. The molecule has 0 bridgehead atoms. The van der Waals surface area contributed by atoms with Gasteiger partial charge in [0.2, 0.25) is 0 Å². The Bertz CT molecular complexity index is 849. The molecule has 2 aromatic heterocycles. The van der Waals surface area contributed by atoms with Crippen LogP contribution < -0.4 is 0 Å². The van der Waals surface area contributed by atoms with Crippen molar-refractivity contribution in [2.45, 2.75) is 18.6 Å². The van der Waals surface area contributed by atoms with Gasteiger partial charge in [0, 0.05) is 28.7 Å². The van der Waals surface area contributed by atoms with Gasteiger partial charge in [0.1, 0.15) is 12.0 Å². The van der Waals surface area contributed by atoms with Gasteiger partial charge in [0.05, 0.1) is 12.0 Å². The van der Waals surface area contributed by atoms with E-state index in [2.05, 4.69) is 52.0 Å². The average Bonchev–Trinajstić information content (AvgIpc) is 3.03. The monoisotopic (exact) mass is 322 g/mol. The minimum atomic E-state index is 0.0176. The fourth-order valence-corrected chi connectivity index (χ4v) is 3.84. The molecule has 0 fully saturated rings. The molecule has 0 aliphatic carbocycles. The molecule has 0 N–H and O–H groups in total. The molecule has 5 heteroatoms. The van der Waals surface area contributed by atoms with Crippen LogP contribution in [0.25, 0.3) is 16.7 Å². The van der Waals surface area contributed by atoms with Gasteiger partial charge in [-0.1, -0.05) is 19.1 Å². The van der Waals surface area contributed by atoms with Gasteiger partial charge in [-0.3, -0.25) is 0 Å². The van der Waals surface area contributed by atoms with E-state index >= 15 is 0 Å². The van der Waals surface area contributed by atoms with E-state index in [0.29, 0.717) is 0 Å². The quantitative estimate of drug-likeness (QED) is 0.699. The van der Waals surface area contributed by atoms with Crippen LogP contribution in [0.3, 0.4) is 0 Å². The van der Waals surface area contributed by atoms with Crippen molar-refractivity contribution in [2.24, 2.45) is 5.92 Å². The standard InChI is InChI=1S/C18H18N4S/c1-3-13(10-19)17(23-2)14-5-4-6-16(9-14)22-8-7-15-11-20-12-21-18(15)22/h4-9,11-13,17H,3H2,1-2H3. The van der Waals surface area contributed by atoms with Crippen molar-refractivity contribution in [3.8, 4) is 11.8 Å². The minimum Gasteiger partial charge on any atom is -0.301 e. The van der Waals surface area contributed by atoms with Gasteiger partial charge in [-0.15, -0.1) is 0 Å². The normalized spacial score (nSPS) is 13.6. The smallest absolute Gasteiger partial charge is 0.147 e. The summed E-state index contributed by atoms with van der Waals surface area (Å²) in [5, 5.41) is 10.6. The molecule has 3 rings (SSSR count). The zero-order valence-corrected chi connectivity index (χ0v) is 14.0. The molecule has 116 valence electrons. The third-order valence-electron chi connectivity index (χ3n) is 4.05. The van der Waals surface area contributed by atoms with E-state index in [0.717, 1.165) is 23.1 Å². The van der Waals surface area contributed by atoms with Gasteiger partial charge < -0.3 is 4.57 Å². The maximum absolute atomic E-state index is 9.40. The Morgan fingerprint density at radius 3 is 2.96 bits per heavy atom. The highest BCUT2D eigenvalue weighted by atomic mass is 32.2. The first-order chi connectivity index (χ1) is 11.3. The molecule has 2 heterocycles. The average molecular weight is 322 g/mol. The Balaban J connectivity index is 2.05. The molecular weight excluding hydrogens is 304 g/mol. The number of hydrogen-bond acceptors (Lipinski definition) is 4. The zero-order chi connectivity index (χ0) is 16.2. The van der Waals surface area contributed by atoms with Crippen molar-refractivity contribution in [2.75, 3.05) is 6.26 Å². The predicted molar refractivity (Wildman–Crippen MR) is 94.5 cm³/mol. The van der Waals surface area contributed by atoms with Crippen molar-refractivity contribution in [3.63, 3.8) is 0 Å². The summed E-state index contributed by atoms with van der Waals surface area (Å²) in [6, 6.07) is 12.8. The molecule has 1 aromatic carbocycles. The van der Waals surface area contributed by atoms with Crippen LogP contribution in [-0.4, -0.2) is 20.8 Å². The van der Waals surface area contributed by atoms with Crippen LogP contribution in [0.2, 0.25) is 0 Å². The van der Waals surface area contributed by atoms with E-state index in [-0.39, 0.29) is 11.2 Å². The van der Waals surface area contributed by atoms with Crippen LogP contribution in [0.5, 0.6) is 0 Å². The number of nitriles is 1. The molecule has 0 aliphatic heterocycles. The molecule has 0 saturated heterocycles. The minimum absolute atomic E-state index is 0.0176. The summed E-state index contributed by atoms with van der Waals surface area (Å²) < 4.78 is 2.06. The predicted octanol–water partition coefficient (Wildman–Crippen LogP) is 4.37. The zero-order valence-electron chi connectivity index (χ0n) is 13.2. The highest BCUT2D eigenvalue weighted by Crippen LogP contribution is 2.36. The summed E-state index contributed by atoms with van der Waals surface area (Å²) in [5.74, 6) is 0.0176. The number of benzene rings is 1. The topological polar surface area (TPSA) is 54.5 Å². The van der Waals surface area contributed by atoms with Crippen molar-refractivity contribution in [1.29, 1.82) is 5.26 Å². The molecule has 0 spiro atoms. The van der Waals surface area contributed by atoms with Gasteiger partial charge in [0.25, 0.3) is 0 Å². The van der Waals surface area contributed by atoms with Gasteiger partial charge >= 0.3 is 0 Å². The number of rotatable bonds is 5. The van der Waals surface area contributed by atoms with Crippen LogP contribution in [-0.2, 0) is 0 Å². The molecular formula is C18H18N4S. The Kier molecular flexibility index (Phi) is 4.63. The Labute approximate surface area is 140 Å². The SMILES string of the molecule is CCC(C#N)C(SC)c1cccc(-n2ccc3cncnc32)c1. The summed E-state index contributed by atoms with van der Waals surface area (Å²) in [6.45, 7) is 2.07. The molecule has 0 aliphatic rings. The first-order valence-corrected chi connectivity index (χ1v) is 8.87. The molecule has 0 saturated carbocycles. The second-order valence-electron chi connectivity index (χ2n) is 5.38. The van der Waals surface area contributed by atoms with Crippen molar-refractivity contribution in [1.82, 2.24) is 14.5 Å². The summed E-state index contributed by atoms with van der Waals surface area (Å²) >= 11 is 1.73. The molecule has 3 aromatic rings. The molecule has 2 unspecified atom stereocenters. The maximum atomic E-state index is 9.40. The van der Waals surface area contributed by atoms with Gasteiger partial charge in [-0.2, -0.15) is 17.0 Å². The van der Waals surface area contributed by atoms with Gasteiger partial charge in [-0.05, 0) is 36.4 Å². The number of thioether (sulfide) groups is 1. The van der Waals surface area contributed by atoms with Gasteiger partial charge in [0.15, 0.2) is 0 Å². The summed E-state index contributed by atoms with van der Waals surface area (Å²) in [6.07, 6.45) is 8.31. The number of aromatic nitrogens is 3. The van der Waals surface area contributed by atoms with E-state index in [1.54, 1.807) is 18.1 Å². The Morgan fingerprint density at radius 2 is 2.22 bits per heavy atom. The maximum Gasteiger partial charge on any atom is 0.147 e. The highest BCUT2D eigenvalue weighted by Gasteiger charge is 2.21. The van der Waals surface area contributed by atoms with Gasteiger partial charge in [-0.25, -0.2) is 9.97 Å². The van der Waals surface area contributed by atoms with E-state index in [1.165, 1.54) is 5.56 Å². The molecule has 4 nitrogen and oxygen atoms in total. The largest absolute Gasteiger partial charge is 0.301 e. The highest BCUT2D eigenvalue weighted by molar-refractivity contribution is 7.98. The first kappa shape index (κ1) is 15.6. The lowest BCUT2D eigenvalue weighted by Gasteiger charge is -2.20. The third kappa shape index (κ3) is 2.95.